The van der Waals surface area contributed by atoms with Gasteiger partial charge in [-0.2, -0.15) is 0 Å². The molecular weight excluding hydrogens is 442 g/mol. The van der Waals surface area contributed by atoms with Crippen LogP contribution in [-0.2, 0) is 17.8 Å². The fourth-order valence-corrected chi connectivity index (χ4v) is 5.48. The van der Waals surface area contributed by atoms with Gasteiger partial charge in [0.15, 0.2) is 0 Å². The largest absolute Gasteiger partial charge is 0.481 e. The number of thiophene rings is 1. The zero-order valence-electron chi connectivity index (χ0n) is 17.0. The van der Waals surface area contributed by atoms with Crippen LogP contribution in [0.4, 0.5) is 11.4 Å². The van der Waals surface area contributed by atoms with E-state index in [2.05, 4.69) is 22.1 Å². The molecule has 0 radical (unpaired) electrons. The van der Waals surface area contributed by atoms with Crippen molar-refractivity contribution in [3.8, 4) is 11.1 Å². The summed E-state index contributed by atoms with van der Waals surface area (Å²) in [7, 11) is 0. The van der Waals surface area contributed by atoms with Crippen molar-refractivity contribution < 1.29 is 9.90 Å². The van der Waals surface area contributed by atoms with E-state index in [1.165, 1.54) is 0 Å². The van der Waals surface area contributed by atoms with Gasteiger partial charge in [-0.1, -0.05) is 35.9 Å². The smallest absolute Gasteiger partial charge is 0.307 e. The number of carboxylic acids is 1. The number of anilines is 2. The van der Waals surface area contributed by atoms with Crippen LogP contribution in [-0.4, -0.2) is 15.6 Å². The Morgan fingerprint density at radius 2 is 1.75 bits per heavy atom. The van der Waals surface area contributed by atoms with Crippen LogP contribution in [0.1, 0.15) is 11.1 Å². The van der Waals surface area contributed by atoms with Crippen LogP contribution in [0.15, 0.2) is 66.2 Å². The zero-order valence-corrected chi connectivity index (χ0v) is 18.6. The minimum Gasteiger partial charge on any atom is -0.481 e. The Balaban J connectivity index is 1.66. The van der Waals surface area contributed by atoms with Crippen molar-refractivity contribution in [2.24, 2.45) is 0 Å². The number of aliphatic carboxylic acids is 1. The van der Waals surface area contributed by atoms with Crippen LogP contribution in [0.5, 0.6) is 0 Å². The Hall–Kier alpha value is -3.48. The summed E-state index contributed by atoms with van der Waals surface area (Å²) < 4.78 is 3.16. The molecule has 0 atom stereocenters. The van der Waals surface area contributed by atoms with Gasteiger partial charge in [0.1, 0.15) is 0 Å². The van der Waals surface area contributed by atoms with Crippen molar-refractivity contribution in [3.63, 3.8) is 0 Å². The number of rotatable bonds is 5. The summed E-state index contributed by atoms with van der Waals surface area (Å²) in [4.78, 5) is 11.5. The second kappa shape index (κ2) is 7.89. The number of nitrogens with zero attached hydrogens (tertiary/aromatic N) is 1. The first-order chi connectivity index (χ1) is 15.4. The topological polar surface area (TPSA) is 94.3 Å². The molecule has 32 heavy (non-hydrogen) atoms. The van der Waals surface area contributed by atoms with Gasteiger partial charge < -0.3 is 21.1 Å². The highest BCUT2D eigenvalue weighted by Crippen LogP contribution is 2.35. The Morgan fingerprint density at radius 1 is 0.969 bits per heavy atom. The molecule has 0 unspecified atom stereocenters. The van der Waals surface area contributed by atoms with Crippen molar-refractivity contribution in [2.75, 3.05) is 11.5 Å². The monoisotopic (exact) mass is 461 g/mol. The highest BCUT2D eigenvalue weighted by atomic mass is 35.5. The molecule has 2 heterocycles. The van der Waals surface area contributed by atoms with E-state index in [1.807, 2.05) is 42.6 Å². The Morgan fingerprint density at radius 3 is 2.50 bits per heavy atom. The fourth-order valence-electron chi connectivity index (χ4n) is 4.21. The zero-order chi connectivity index (χ0) is 22.4. The summed E-state index contributed by atoms with van der Waals surface area (Å²) in [6.07, 6.45) is 1.90. The number of carboxylic acid groups (broad SMARTS) is 1. The molecule has 5 aromatic rings. The third-order valence-electron chi connectivity index (χ3n) is 5.59. The Kier molecular flexibility index (Phi) is 5.04. The number of nitrogen functional groups attached to an aromatic ring is 2. The first-order valence-corrected chi connectivity index (χ1v) is 11.3. The number of nitrogens with two attached hydrogens (primary N) is 2. The molecule has 3 aromatic carbocycles. The summed E-state index contributed by atoms with van der Waals surface area (Å²) in [6, 6.07) is 17.4. The number of aromatic nitrogens is 1. The third-order valence-corrected chi connectivity index (χ3v) is 7.10. The van der Waals surface area contributed by atoms with Crippen LogP contribution >= 0.6 is 22.9 Å². The van der Waals surface area contributed by atoms with Gasteiger partial charge in [0, 0.05) is 35.0 Å². The average molecular weight is 462 g/mol. The lowest BCUT2D eigenvalue weighted by Gasteiger charge is -2.09. The number of fused-ring (bicyclic) bond motifs is 2. The minimum absolute atomic E-state index is 0.0374. The predicted octanol–water partition coefficient (Wildman–Crippen LogP) is 6.02. The standard InChI is InChI=1S/C25H20ClN3O2S/c26-22-3-1-2-21-17(13-32-25(21)22)12-29-11-16(9-24(30)31)20-5-4-14(8-23(20)29)15-6-18(27)10-19(28)7-15/h1-8,10-11,13H,9,12,27-28H2,(H,30,31). The van der Waals surface area contributed by atoms with Crippen molar-refractivity contribution in [1.82, 2.24) is 4.57 Å². The summed E-state index contributed by atoms with van der Waals surface area (Å²) in [5.41, 5.74) is 18.0. The molecule has 0 fully saturated rings. The van der Waals surface area contributed by atoms with Crippen molar-refractivity contribution >= 4 is 61.3 Å². The summed E-state index contributed by atoms with van der Waals surface area (Å²) in [5.74, 6) is -0.857. The van der Waals surface area contributed by atoms with Gasteiger partial charge in [-0.3, -0.25) is 4.79 Å². The second-order valence-electron chi connectivity index (χ2n) is 7.85. The maximum Gasteiger partial charge on any atom is 0.307 e. The third kappa shape index (κ3) is 3.68. The average Bonchev–Trinajstić information content (AvgIpc) is 3.30. The summed E-state index contributed by atoms with van der Waals surface area (Å²) in [6.45, 7) is 0.610. The van der Waals surface area contributed by atoms with E-state index < -0.39 is 5.97 Å². The lowest BCUT2D eigenvalue weighted by atomic mass is 10.0. The number of hydrogen-bond donors (Lipinski definition) is 3. The normalized spacial score (nSPS) is 11.4. The van der Waals surface area contributed by atoms with Gasteiger partial charge >= 0.3 is 5.97 Å². The molecule has 0 aliphatic rings. The molecule has 5 rings (SSSR count). The van der Waals surface area contributed by atoms with Crippen LogP contribution in [0.25, 0.3) is 32.1 Å². The maximum absolute atomic E-state index is 11.5. The van der Waals surface area contributed by atoms with Gasteiger partial charge in [0.25, 0.3) is 0 Å². The van der Waals surface area contributed by atoms with E-state index in [4.69, 9.17) is 23.1 Å². The molecule has 5 nitrogen and oxygen atoms in total. The van der Waals surface area contributed by atoms with E-state index in [-0.39, 0.29) is 6.42 Å². The number of halogens is 1. The first kappa shape index (κ1) is 20.4. The van der Waals surface area contributed by atoms with Crippen molar-refractivity contribution in [2.45, 2.75) is 13.0 Å². The minimum atomic E-state index is -0.857. The van der Waals surface area contributed by atoms with Crippen LogP contribution < -0.4 is 11.5 Å². The van der Waals surface area contributed by atoms with Crippen molar-refractivity contribution in [3.05, 3.63) is 82.3 Å². The Bertz CT molecular complexity index is 1480. The number of carbonyl (C=O) groups is 1. The van der Waals surface area contributed by atoms with Crippen LogP contribution in [0.3, 0.4) is 0 Å². The van der Waals surface area contributed by atoms with Gasteiger partial charge in [-0.05, 0) is 63.4 Å². The lowest BCUT2D eigenvalue weighted by molar-refractivity contribution is -0.136. The Labute approximate surface area is 193 Å². The molecule has 0 spiro atoms. The molecule has 0 saturated carbocycles. The van der Waals surface area contributed by atoms with E-state index >= 15 is 0 Å². The SMILES string of the molecule is Nc1cc(N)cc(-c2ccc3c(CC(=O)O)cn(Cc4csc5c(Cl)cccc45)c3c2)c1. The molecule has 0 bridgehead atoms. The molecule has 160 valence electrons. The molecular formula is C25H20ClN3O2S. The molecule has 0 saturated heterocycles. The highest BCUT2D eigenvalue weighted by Gasteiger charge is 2.15. The summed E-state index contributed by atoms with van der Waals surface area (Å²) in [5, 5.41) is 14.3. The molecule has 7 heteroatoms. The lowest BCUT2D eigenvalue weighted by Crippen LogP contribution is -2.00. The second-order valence-corrected chi connectivity index (χ2v) is 9.14. The van der Waals surface area contributed by atoms with E-state index in [0.717, 1.165) is 48.3 Å². The van der Waals surface area contributed by atoms with Crippen LogP contribution in [0, 0.1) is 0 Å². The van der Waals surface area contributed by atoms with E-state index in [9.17, 15) is 9.90 Å². The number of benzene rings is 3. The van der Waals surface area contributed by atoms with E-state index in [1.54, 1.807) is 17.4 Å². The number of hydrogen-bond acceptors (Lipinski definition) is 4. The fraction of sp³-hybridized carbons (Fsp3) is 0.0800. The van der Waals surface area contributed by atoms with Crippen molar-refractivity contribution in [1.29, 1.82) is 0 Å². The summed E-state index contributed by atoms with van der Waals surface area (Å²) >= 11 is 7.98. The molecule has 0 aliphatic carbocycles. The molecule has 5 N–H and O–H groups in total. The van der Waals surface area contributed by atoms with Gasteiger partial charge in [-0.25, -0.2) is 0 Å². The van der Waals surface area contributed by atoms with Crippen LogP contribution in [0.2, 0.25) is 5.02 Å². The maximum atomic E-state index is 11.5. The van der Waals surface area contributed by atoms with E-state index in [0.29, 0.717) is 17.9 Å². The quantitative estimate of drug-likeness (QED) is 0.279. The first-order valence-electron chi connectivity index (χ1n) is 10.0. The van der Waals surface area contributed by atoms with Gasteiger partial charge in [0.2, 0.25) is 0 Å². The van der Waals surface area contributed by atoms with Gasteiger partial charge in [-0.15, -0.1) is 11.3 Å². The molecule has 0 aliphatic heterocycles. The molecule has 0 amide bonds. The highest BCUT2D eigenvalue weighted by molar-refractivity contribution is 7.18. The predicted molar refractivity (Wildman–Crippen MR) is 133 cm³/mol. The molecule has 2 aromatic heterocycles. The van der Waals surface area contributed by atoms with Gasteiger partial charge in [0.05, 0.1) is 16.1 Å².